The molecule has 4 heteroatoms. The highest BCUT2D eigenvalue weighted by atomic mass is 16.6. The maximum absolute atomic E-state index is 9.40. The van der Waals surface area contributed by atoms with Crippen LogP contribution in [0, 0.1) is 12.3 Å². The van der Waals surface area contributed by atoms with Crippen LogP contribution >= 0.6 is 0 Å². The van der Waals surface area contributed by atoms with Crippen molar-refractivity contribution in [3.63, 3.8) is 0 Å². The van der Waals surface area contributed by atoms with Crippen molar-refractivity contribution in [2.24, 2.45) is 0 Å². The van der Waals surface area contributed by atoms with E-state index < -0.39 is 6.10 Å². The largest absolute Gasteiger partial charge is 0.388 e. The summed E-state index contributed by atoms with van der Waals surface area (Å²) >= 11 is 0. The van der Waals surface area contributed by atoms with E-state index in [0.29, 0.717) is 13.2 Å². The molecule has 2 fully saturated rings. The predicted octanol–water partition coefficient (Wildman–Crippen LogP) is -0.837. The van der Waals surface area contributed by atoms with Gasteiger partial charge in [-0.2, -0.15) is 0 Å². The minimum atomic E-state index is -0.524. The van der Waals surface area contributed by atoms with Crippen molar-refractivity contribution in [3.8, 4) is 12.3 Å². The molecule has 0 aromatic rings. The number of terminal acetylenes is 1. The Hall–Kier alpha value is -0.600. The van der Waals surface area contributed by atoms with E-state index in [1.807, 2.05) is 0 Å². The molecule has 0 aliphatic carbocycles. The van der Waals surface area contributed by atoms with Crippen molar-refractivity contribution in [1.82, 2.24) is 0 Å². The second-order valence-electron chi connectivity index (χ2n) is 3.22. The molecule has 0 aromatic heterocycles. The number of rotatable bonds is 2. The lowest BCUT2D eigenvalue weighted by Crippen LogP contribution is -2.32. The summed E-state index contributed by atoms with van der Waals surface area (Å²) in [5.41, 5.74) is 0. The highest BCUT2D eigenvalue weighted by molar-refractivity contribution is 4.96. The lowest BCUT2D eigenvalue weighted by molar-refractivity contribution is -0.0264. The molecule has 0 amide bonds. The third-order valence-electron chi connectivity index (χ3n) is 2.36. The molecular weight excluding hydrogens is 172 g/mol. The van der Waals surface area contributed by atoms with Gasteiger partial charge in [0.15, 0.2) is 0 Å². The number of hydrogen-bond acceptors (Lipinski definition) is 4. The number of aliphatic hydroxyl groups excluding tert-OH is 1. The summed E-state index contributed by atoms with van der Waals surface area (Å²) in [7, 11) is 0. The van der Waals surface area contributed by atoms with E-state index in [-0.39, 0.29) is 24.9 Å². The second-order valence-corrected chi connectivity index (χ2v) is 3.22. The Balaban J connectivity index is 1.91. The number of hydrogen-bond donors (Lipinski definition) is 1. The number of aliphatic hydroxyl groups is 1. The van der Waals surface area contributed by atoms with Crippen LogP contribution < -0.4 is 0 Å². The molecule has 4 unspecified atom stereocenters. The summed E-state index contributed by atoms with van der Waals surface area (Å²) < 4.78 is 16.0. The Morgan fingerprint density at radius 2 is 2.15 bits per heavy atom. The minimum absolute atomic E-state index is 0.127. The average molecular weight is 184 g/mol. The molecule has 2 heterocycles. The average Bonchev–Trinajstić information content (AvgIpc) is 2.67. The Kier molecular flexibility index (Phi) is 2.51. The predicted molar refractivity (Wildman–Crippen MR) is 44.1 cm³/mol. The van der Waals surface area contributed by atoms with Gasteiger partial charge < -0.3 is 19.3 Å². The van der Waals surface area contributed by atoms with Crippen molar-refractivity contribution in [3.05, 3.63) is 0 Å². The van der Waals surface area contributed by atoms with Crippen LogP contribution in [0.4, 0.5) is 0 Å². The summed E-state index contributed by atoms with van der Waals surface area (Å²) in [6.45, 7) is 1.04. The van der Waals surface area contributed by atoms with Gasteiger partial charge in [-0.1, -0.05) is 5.92 Å². The third-order valence-corrected chi connectivity index (χ3v) is 2.36. The lowest BCUT2D eigenvalue weighted by atomic mass is 10.1. The summed E-state index contributed by atoms with van der Waals surface area (Å²) in [5.74, 6) is 2.39. The van der Waals surface area contributed by atoms with Gasteiger partial charge in [0.25, 0.3) is 0 Å². The van der Waals surface area contributed by atoms with Crippen molar-refractivity contribution in [1.29, 1.82) is 0 Å². The molecular formula is C9H12O4. The molecule has 13 heavy (non-hydrogen) atoms. The van der Waals surface area contributed by atoms with E-state index in [1.54, 1.807) is 0 Å². The fourth-order valence-corrected chi connectivity index (χ4v) is 1.74. The first-order valence-corrected chi connectivity index (χ1v) is 4.29. The SMILES string of the molecule is C#CCOC1COC2C(O)COC12. The number of ether oxygens (including phenoxy) is 3. The summed E-state index contributed by atoms with van der Waals surface area (Å²) in [5, 5.41) is 9.40. The van der Waals surface area contributed by atoms with E-state index in [1.165, 1.54) is 0 Å². The fraction of sp³-hybridized carbons (Fsp3) is 0.778. The summed E-state index contributed by atoms with van der Waals surface area (Å²) in [6, 6.07) is 0. The quantitative estimate of drug-likeness (QED) is 0.569. The minimum Gasteiger partial charge on any atom is -0.388 e. The maximum atomic E-state index is 9.40. The first kappa shape index (κ1) is 8.97. The van der Waals surface area contributed by atoms with Crippen LogP contribution in [0.25, 0.3) is 0 Å². The zero-order chi connectivity index (χ0) is 9.26. The molecule has 1 N–H and O–H groups in total. The highest BCUT2D eigenvalue weighted by Gasteiger charge is 2.47. The van der Waals surface area contributed by atoms with E-state index in [0.717, 1.165) is 0 Å². The van der Waals surface area contributed by atoms with Gasteiger partial charge in [0, 0.05) is 0 Å². The molecule has 2 aliphatic rings. The molecule has 0 bridgehead atoms. The molecule has 72 valence electrons. The fourth-order valence-electron chi connectivity index (χ4n) is 1.74. The van der Waals surface area contributed by atoms with Crippen LogP contribution in [-0.4, -0.2) is 49.3 Å². The van der Waals surface area contributed by atoms with Gasteiger partial charge in [0.05, 0.1) is 13.2 Å². The van der Waals surface area contributed by atoms with Gasteiger partial charge in [-0.3, -0.25) is 0 Å². The van der Waals surface area contributed by atoms with E-state index in [9.17, 15) is 5.11 Å². The monoisotopic (exact) mass is 184 g/mol. The van der Waals surface area contributed by atoms with Crippen molar-refractivity contribution >= 4 is 0 Å². The van der Waals surface area contributed by atoms with Crippen molar-refractivity contribution in [2.45, 2.75) is 24.4 Å². The molecule has 0 spiro atoms. The molecule has 2 aliphatic heterocycles. The standard InChI is InChI=1S/C9H12O4/c1-2-3-11-7-5-13-8-6(10)4-12-9(7)8/h1,6-10H,3-5H2. The first-order valence-electron chi connectivity index (χ1n) is 4.29. The molecule has 2 rings (SSSR count). The Morgan fingerprint density at radius 1 is 1.38 bits per heavy atom. The maximum Gasteiger partial charge on any atom is 0.115 e. The topological polar surface area (TPSA) is 47.9 Å². The zero-order valence-electron chi connectivity index (χ0n) is 7.18. The Bertz CT molecular complexity index is 222. The van der Waals surface area contributed by atoms with Crippen LogP contribution in [0.15, 0.2) is 0 Å². The Morgan fingerprint density at radius 3 is 2.92 bits per heavy atom. The van der Waals surface area contributed by atoms with Gasteiger partial charge in [0.1, 0.15) is 31.0 Å². The van der Waals surface area contributed by atoms with Gasteiger partial charge in [-0.05, 0) is 0 Å². The third kappa shape index (κ3) is 1.56. The summed E-state index contributed by atoms with van der Waals surface area (Å²) in [4.78, 5) is 0. The smallest absolute Gasteiger partial charge is 0.115 e. The molecule has 4 atom stereocenters. The normalized spacial score (nSPS) is 43.1. The van der Waals surface area contributed by atoms with Gasteiger partial charge in [-0.15, -0.1) is 6.42 Å². The summed E-state index contributed by atoms with van der Waals surface area (Å²) in [6.07, 6.45) is 4.03. The number of fused-ring (bicyclic) bond motifs is 1. The van der Waals surface area contributed by atoms with Gasteiger partial charge in [-0.25, -0.2) is 0 Å². The lowest BCUT2D eigenvalue weighted by Gasteiger charge is -2.14. The van der Waals surface area contributed by atoms with Crippen LogP contribution in [0.1, 0.15) is 0 Å². The molecule has 2 saturated heterocycles. The van der Waals surface area contributed by atoms with Crippen LogP contribution in [0.5, 0.6) is 0 Å². The van der Waals surface area contributed by atoms with E-state index in [4.69, 9.17) is 20.6 Å². The first-order chi connectivity index (χ1) is 6.33. The molecule has 4 nitrogen and oxygen atoms in total. The van der Waals surface area contributed by atoms with Crippen molar-refractivity contribution < 1.29 is 19.3 Å². The highest BCUT2D eigenvalue weighted by Crippen LogP contribution is 2.28. The second kappa shape index (κ2) is 3.64. The van der Waals surface area contributed by atoms with E-state index >= 15 is 0 Å². The van der Waals surface area contributed by atoms with E-state index in [2.05, 4.69) is 5.92 Å². The Labute approximate surface area is 76.8 Å². The van der Waals surface area contributed by atoms with Crippen LogP contribution in [0.2, 0.25) is 0 Å². The van der Waals surface area contributed by atoms with Gasteiger partial charge in [0.2, 0.25) is 0 Å². The molecule has 0 radical (unpaired) electrons. The molecule has 0 saturated carbocycles. The van der Waals surface area contributed by atoms with Gasteiger partial charge >= 0.3 is 0 Å². The zero-order valence-corrected chi connectivity index (χ0v) is 7.18. The van der Waals surface area contributed by atoms with Crippen LogP contribution in [0.3, 0.4) is 0 Å². The van der Waals surface area contributed by atoms with Crippen LogP contribution in [-0.2, 0) is 14.2 Å². The molecule has 0 aromatic carbocycles. The van der Waals surface area contributed by atoms with Crippen molar-refractivity contribution in [2.75, 3.05) is 19.8 Å².